The van der Waals surface area contributed by atoms with E-state index in [1.165, 1.54) is 19.4 Å². The molecule has 2 heterocycles. The van der Waals surface area contributed by atoms with Crippen LogP contribution in [0.15, 0.2) is 54.7 Å². The summed E-state index contributed by atoms with van der Waals surface area (Å²) in [6, 6.07) is 13.1. The molecular formula is C29H30Cl2N2O7. The zero-order valence-electron chi connectivity index (χ0n) is 22.2. The lowest BCUT2D eigenvalue weighted by molar-refractivity contribution is -0.155. The van der Waals surface area contributed by atoms with Crippen molar-refractivity contribution in [1.29, 1.82) is 0 Å². The second-order valence-electron chi connectivity index (χ2n) is 9.51. The highest BCUT2D eigenvalue weighted by molar-refractivity contribution is 6.35. The minimum atomic E-state index is -1.17. The molecule has 40 heavy (non-hydrogen) atoms. The first-order valence-corrected chi connectivity index (χ1v) is 13.4. The second-order valence-corrected chi connectivity index (χ2v) is 10.4. The molecule has 1 aliphatic heterocycles. The van der Waals surface area contributed by atoms with Crippen molar-refractivity contribution in [3.05, 3.63) is 81.6 Å². The van der Waals surface area contributed by atoms with Gasteiger partial charge in [-0.25, -0.2) is 9.78 Å². The van der Waals surface area contributed by atoms with E-state index < -0.39 is 35.9 Å². The number of pyridine rings is 1. The number of benzene rings is 2. The Labute approximate surface area is 242 Å². The summed E-state index contributed by atoms with van der Waals surface area (Å²) in [5.41, 5.74) is 1.61. The Hall–Kier alpha value is -3.53. The second kappa shape index (κ2) is 13.2. The van der Waals surface area contributed by atoms with E-state index in [2.05, 4.69) is 10.3 Å². The van der Waals surface area contributed by atoms with Crippen molar-refractivity contribution < 1.29 is 33.6 Å². The highest BCUT2D eigenvalue weighted by atomic mass is 35.5. The van der Waals surface area contributed by atoms with Gasteiger partial charge in [0.2, 0.25) is 0 Å². The highest BCUT2D eigenvalue weighted by Crippen LogP contribution is 2.30. The van der Waals surface area contributed by atoms with Crippen LogP contribution in [0.5, 0.6) is 17.2 Å². The van der Waals surface area contributed by atoms with E-state index in [1.54, 1.807) is 19.1 Å². The molecule has 9 nitrogen and oxygen atoms in total. The first kappa shape index (κ1) is 29.5. The third-order valence-electron chi connectivity index (χ3n) is 6.55. The Morgan fingerprint density at radius 2 is 1.90 bits per heavy atom. The number of ether oxygens (including phenoxy) is 4. The minimum Gasteiger partial charge on any atom is -0.503 e. The molecule has 4 rings (SSSR count). The number of methoxy groups -OCH3 is 1. The lowest BCUT2D eigenvalue weighted by Crippen LogP contribution is -2.47. The van der Waals surface area contributed by atoms with Crippen LogP contribution in [0.3, 0.4) is 0 Å². The van der Waals surface area contributed by atoms with Crippen LogP contribution in [0.2, 0.25) is 10.0 Å². The van der Waals surface area contributed by atoms with Crippen LogP contribution in [0.4, 0.5) is 0 Å². The number of aromatic nitrogens is 1. The molecule has 0 aliphatic carbocycles. The van der Waals surface area contributed by atoms with E-state index in [0.29, 0.717) is 22.2 Å². The van der Waals surface area contributed by atoms with Crippen molar-refractivity contribution >= 4 is 35.1 Å². The van der Waals surface area contributed by atoms with Gasteiger partial charge in [-0.3, -0.25) is 4.79 Å². The number of aromatic hydroxyl groups is 1. The van der Waals surface area contributed by atoms with Crippen molar-refractivity contribution in [1.82, 2.24) is 10.3 Å². The lowest BCUT2D eigenvalue weighted by atomic mass is 9.91. The largest absolute Gasteiger partial charge is 0.503 e. The van der Waals surface area contributed by atoms with Crippen molar-refractivity contribution in [2.24, 2.45) is 5.92 Å². The third-order valence-corrected chi connectivity index (χ3v) is 7.14. The molecule has 1 saturated heterocycles. The maximum Gasteiger partial charge on any atom is 0.331 e. The molecule has 1 aromatic heterocycles. The van der Waals surface area contributed by atoms with Crippen molar-refractivity contribution in [2.75, 3.05) is 20.3 Å². The van der Waals surface area contributed by atoms with E-state index in [9.17, 15) is 14.7 Å². The molecule has 2 aromatic carbocycles. The SMILES string of the molecule is COc1ccnc(C(=O)NC2COCC(Cc3ccc(Cl)cc3Cl)C(Oc3ccc(C)cc3)C(C)OC2=O)c1O. The van der Waals surface area contributed by atoms with Gasteiger partial charge in [0, 0.05) is 28.2 Å². The summed E-state index contributed by atoms with van der Waals surface area (Å²) in [4.78, 5) is 30.0. The van der Waals surface area contributed by atoms with E-state index in [0.717, 1.165) is 11.1 Å². The monoisotopic (exact) mass is 588 g/mol. The standard InChI is InChI=1S/C29H30Cl2N2O7/c1-16-4-8-21(9-5-16)40-27-17(2)39-29(36)23(33-28(35)25-26(34)24(37-3)10-11-32-25)15-38-14-19(27)12-18-6-7-20(30)13-22(18)31/h4-11,13,17,19,23,27,34H,12,14-15H2,1-3H3,(H,33,35). The number of cyclic esters (lactones) is 1. The summed E-state index contributed by atoms with van der Waals surface area (Å²) in [5, 5.41) is 13.9. The Balaban J connectivity index is 1.58. The van der Waals surface area contributed by atoms with Crippen molar-refractivity contribution in [3.8, 4) is 17.2 Å². The molecule has 212 valence electrons. The maximum atomic E-state index is 13.2. The molecule has 0 bridgehead atoms. The number of nitrogens with one attached hydrogen (secondary N) is 1. The van der Waals surface area contributed by atoms with Gasteiger partial charge in [-0.1, -0.05) is 47.0 Å². The summed E-state index contributed by atoms with van der Waals surface area (Å²) in [6.07, 6.45) is 0.423. The van der Waals surface area contributed by atoms with E-state index in [4.69, 9.17) is 42.1 Å². The predicted molar refractivity (Wildman–Crippen MR) is 149 cm³/mol. The Bertz CT molecular complexity index is 1350. The lowest BCUT2D eigenvalue weighted by Gasteiger charge is -2.31. The van der Waals surface area contributed by atoms with E-state index >= 15 is 0 Å². The van der Waals surface area contributed by atoms with Crippen LogP contribution < -0.4 is 14.8 Å². The van der Waals surface area contributed by atoms with Gasteiger partial charge < -0.3 is 29.4 Å². The zero-order chi connectivity index (χ0) is 28.8. The number of hydrogen-bond acceptors (Lipinski definition) is 8. The zero-order valence-corrected chi connectivity index (χ0v) is 23.7. The molecule has 4 atom stereocenters. The van der Waals surface area contributed by atoms with Gasteiger partial charge in [-0.2, -0.15) is 0 Å². The number of esters is 1. The topological polar surface area (TPSA) is 116 Å². The smallest absolute Gasteiger partial charge is 0.331 e. The molecule has 1 aliphatic rings. The average Bonchev–Trinajstić information content (AvgIpc) is 2.97. The van der Waals surface area contributed by atoms with Crippen molar-refractivity contribution in [3.63, 3.8) is 0 Å². The Kier molecular flexibility index (Phi) is 9.73. The molecule has 0 radical (unpaired) electrons. The van der Waals surface area contributed by atoms with Gasteiger partial charge in [0.05, 0.1) is 20.3 Å². The summed E-state index contributed by atoms with van der Waals surface area (Å²) < 4.78 is 23.2. The predicted octanol–water partition coefficient (Wildman–Crippen LogP) is 4.78. The van der Waals surface area contributed by atoms with Crippen LogP contribution >= 0.6 is 23.2 Å². The number of hydrogen-bond donors (Lipinski definition) is 2. The Morgan fingerprint density at radius 1 is 1.15 bits per heavy atom. The molecule has 0 saturated carbocycles. The number of carbonyl (C=O) groups is 2. The first-order chi connectivity index (χ1) is 19.2. The maximum absolute atomic E-state index is 13.2. The third kappa shape index (κ3) is 7.15. The number of halogens is 2. The molecule has 3 aromatic rings. The number of amides is 1. The molecule has 2 N–H and O–H groups in total. The van der Waals surface area contributed by atoms with Crippen LogP contribution in [-0.2, 0) is 20.7 Å². The first-order valence-electron chi connectivity index (χ1n) is 12.6. The van der Waals surface area contributed by atoms with Crippen LogP contribution in [0, 0.1) is 12.8 Å². The van der Waals surface area contributed by atoms with Gasteiger partial charge in [-0.15, -0.1) is 0 Å². The van der Waals surface area contributed by atoms with Gasteiger partial charge in [-0.05, 0) is 50.1 Å². The summed E-state index contributed by atoms with van der Waals surface area (Å²) >= 11 is 12.6. The fourth-order valence-electron chi connectivity index (χ4n) is 4.42. The summed E-state index contributed by atoms with van der Waals surface area (Å²) in [6.45, 7) is 3.70. The summed E-state index contributed by atoms with van der Waals surface area (Å²) in [5.74, 6) is -1.56. The van der Waals surface area contributed by atoms with Gasteiger partial charge in [0.25, 0.3) is 5.91 Å². The fraction of sp³-hybridized carbons (Fsp3) is 0.345. The van der Waals surface area contributed by atoms with Crippen LogP contribution in [0.1, 0.15) is 28.5 Å². The molecule has 4 unspecified atom stereocenters. The quantitative estimate of drug-likeness (QED) is 0.379. The van der Waals surface area contributed by atoms with E-state index in [-0.39, 0.29) is 30.6 Å². The van der Waals surface area contributed by atoms with E-state index in [1.807, 2.05) is 37.3 Å². The van der Waals surface area contributed by atoms with Gasteiger partial charge in [0.15, 0.2) is 23.2 Å². The molecular weight excluding hydrogens is 559 g/mol. The average molecular weight is 589 g/mol. The molecule has 11 heteroatoms. The Morgan fingerprint density at radius 3 is 2.60 bits per heavy atom. The van der Waals surface area contributed by atoms with Gasteiger partial charge in [0.1, 0.15) is 18.0 Å². The molecule has 0 spiro atoms. The van der Waals surface area contributed by atoms with Crippen molar-refractivity contribution in [2.45, 2.75) is 38.5 Å². The number of aryl methyl sites for hydroxylation is 1. The van der Waals surface area contributed by atoms with Crippen LogP contribution in [-0.4, -0.2) is 60.5 Å². The fourth-order valence-corrected chi connectivity index (χ4v) is 4.91. The highest BCUT2D eigenvalue weighted by Gasteiger charge is 2.37. The molecule has 1 amide bonds. The molecule has 1 fully saturated rings. The summed E-state index contributed by atoms with van der Waals surface area (Å²) in [7, 11) is 1.35. The normalized spacial score (nSPS) is 21.4. The number of nitrogens with zero attached hydrogens (tertiary/aromatic N) is 1. The number of carbonyl (C=O) groups excluding carboxylic acids is 2. The van der Waals surface area contributed by atoms with Crippen LogP contribution in [0.25, 0.3) is 0 Å². The van der Waals surface area contributed by atoms with Gasteiger partial charge >= 0.3 is 5.97 Å². The minimum absolute atomic E-state index is 0.0712. The number of rotatable bonds is 7.